The standard InChI is InChI=1S/C18H24O5/c1-5-23-18(19)13-8-6-12(7-9-13)14-10-15(20-2)17(22-4)16(11-14)21-3/h6,10-11,13H,5,7-9H2,1-4H3. The van der Waals surface area contributed by atoms with Crippen molar-refractivity contribution in [1.82, 2.24) is 0 Å². The van der Waals surface area contributed by atoms with Crippen LogP contribution in [0.3, 0.4) is 0 Å². The van der Waals surface area contributed by atoms with Gasteiger partial charge in [-0.1, -0.05) is 6.08 Å². The summed E-state index contributed by atoms with van der Waals surface area (Å²) in [5.41, 5.74) is 2.21. The Morgan fingerprint density at radius 2 is 1.78 bits per heavy atom. The summed E-state index contributed by atoms with van der Waals surface area (Å²) >= 11 is 0. The van der Waals surface area contributed by atoms with E-state index >= 15 is 0 Å². The topological polar surface area (TPSA) is 54.0 Å². The van der Waals surface area contributed by atoms with Gasteiger partial charge in [-0.25, -0.2) is 0 Å². The molecule has 0 saturated heterocycles. The summed E-state index contributed by atoms with van der Waals surface area (Å²) in [4.78, 5) is 11.8. The number of carbonyl (C=O) groups excluding carboxylic acids is 1. The smallest absolute Gasteiger partial charge is 0.309 e. The molecule has 1 unspecified atom stereocenters. The van der Waals surface area contributed by atoms with Crippen LogP contribution in [0.25, 0.3) is 5.57 Å². The number of methoxy groups -OCH3 is 3. The number of hydrogen-bond acceptors (Lipinski definition) is 5. The van der Waals surface area contributed by atoms with Crippen LogP contribution in [0.1, 0.15) is 31.7 Å². The summed E-state index contributed by atoms with van der Waals surface area (Å²) in [6.07, 6.45) is 4.42. The van der Waals surface area contributed by atoms with Crippen LogP contribution in [0, 0.1) is 5.92 Å². The third kappa shape index (κ3) is 3.78. The zero-order valence-corrected chi connectivity index (χ0v) is 14.2. The van der Waals surface area contributed by atoms with Gasteiger partial charge in [-0.15, -0.1) is 0 Å². The lowest BCUT2D eigenvalue weighted by Gasteiger charge is -2.22. The minimum absolute atomic E-state index is 0.0410. The molecule has 0 radical (unpaired) electrons. The van der Waals surface area contributed by atoms with E-state index in [0.717, 1.165) is 18.4 Å². The van der Waals surface area contributed by atoms with E-state index < -0.39 is 0 Å². The minimum atomic E-state index is -0.104. The highest BCUT2D eigenvalue weighted by molar-refractivity contribution is 5.77. The maximum atomic E-state index is 11.8. The van der Waals surface area contributed by atoms with Gasteiger partial charge in [0.1, 0.15) is 0 Å². The molecule has 23 heavy (non-hydrogen) atoms. The number of benzene rings is 1. The summed E-state index contributed by atoms with van der Waals surface area (Å²) in [6, 6.07) is 3.88. The van der Waals surface area contributed by atoms with E-state index in [-0.39, 0.29) is 11.9 Å². The second-order valence-electron chi connectivity index (χ2n) is 5.37. The fourth-order valence-electron chi connectivity index (χ4n) is 2.84. The summed E-state index contributed by atoms with van der Waals surface area (Å²) in [5.74, 6) is 1.71. The van der Waals surface area contributed by atoms with E-state index in [0.29, 0.717) is 30.3 Å². The minimum Gasteiger partial charge on any atom is -0.493 e. The summed E-state index contributed by atoms with van der Waals surface area (Å²) in [7, 11) is 4.80. The lowest BCUT2D eigenvalue weighted by molar-refractivity contribution is -0.148. The number of hydrogen-bond donors (Lipinski definition) is 0. The van der Waals surface area contributed by atoms with Crippen LogP contribution in [0.2, 0.25) is 0 Å². The Morgan fingerprint density at radius 1 is 1.13 bits per heavy atom. The molecule has 0 heterocycles. The number of esters is 1. The van der Waals surface area contributed by atoms with Gasteiger partial charge >= 0.3 is 5.97 Å². The molecule has 0 amide bonds. The van der Waals surface area contributed by atoms with Crippen molar-refractivity contribution >= 4 is 11.5 Å². The molecular formula is C18H24O5. The average molecular weight is 320 g/mol. The lowest BCUT2D eigenvalue weighted by Crippen LogP contribution is -2.19. The van der Waals surface area contributed by atoms with Crippen molar-refractivity contribution in [3.05, 3.63) is 23.8 Å². The van der Waals surface area contributed by atoms with E-state index in [1.54, 1.807) is 21.3 Å². The first-order valence-electron chi connectivity index (χ1n) is 7.80. The molecule has 5 nitrogen and oxygen atoms in total. The van der Waals surface area contributed by atoms with Gasteiger partial charge in [-0.05, 0) is 49.5 Å². The van der Waals surface area contributed by atoms with Crippen molar-refractivity contribution in [3.8, 4) is 17.2 Å². The molecule has 1 aliphatic rings. The van der Waals surface area contributed by atoms with Crippen molar-refractivity contribution in [2.75, 3.05) is 27.9 Å². The number of ether oxygens (including phenoxy) is 4. The van der Waals surface area contributed by atoms with Crippen LogP contribution in [-0.2, 0) is 9.53 Å². The molecule has 2 rings (SSSR count). The SMILES string of the molecule is CCOC(=O)C1CC=C(c2cc(OC)c(OC)c(OC)c2)CC1. The first-order valence-corrected chi connectivity index (χ1v) is 7.80. The highest BCUT2D eigenvalue weighted by Crippen LogP contribution is 2.41. The Balaban J connectivity index is 2.24. The average Bonchev–Trinajstić information content (AvgIpc) is 2.60. The number of carbonyl (C=O) groups is 1. The first-order chi connectivity index (χ1) is 11.1. The van der Waals surface area contributed by atoms with Crippen LogP contribution in [-0.4, -0.2) is 33.9 Å². The van der Waals surface area contributed by atoms with Crippen LogP contribution in [0.15, 0.2) is 18.2 Å². The Morgan fingerprint density at radius 3 is 2.22 bits per heavy atom. The maximum Gasteiger partial charge on any atom is 0.309 e. The zero-order chi connectivity index (χ0) is 16.8. The molecule has 1 aliphatic carbocycles. The molecule has 126 valence electrons. The Bertz CT molecular complexity index is 566. The largest absolute Gasteiger partial charge is 0.493 e. The second-order valence-corrected chi connectivity index (χ2v) is 5.37. The maximum absolute atomic E-state index is 11.8. The fraction of sp³-hybridized carbons (Fsp3) is 0.500. The molecule has 0 fully saturated rings. The van der Waals surface area contributed by atoms with Crippen LogP contribution in [0.4, 0.5) is 0 Å². The molecule has 0 spiro atoms. The van der Waals surface area contributed by atoms with Crippen LogP contribution < -0.4 is 14.2 Å². The molecule has 0 N–H and O–H groups in total. The van der Waals surface area contributed by atoms with E-state index in [9.17, 15) is 4.79 Å². The van der Waals surface area contributed by atoms with Gasteiger partial charge in [0.15, 0.2) is 11.5 Å². The highest BCUT2D eigenvalue weighted by atomic mass is 16.5. The number of rotatable bonds is 6. The van der Waals surface area contributed by atoms with Crippen molar-refractivity contribution in [2.45, 2.75) is 26.2 Å². The van der Waals surface area contributed by atoms with Crippen LogP contribution in [0.5, 0.6) is 17.2 Å². The monoisotopic (exact) mass is 320 g/mol. The molecule has 5 heteroatoms. The molecular weight excluding hydrogens is 296 g/mol. The predicted molar refractivity (Wildman–Crippen MR) is 88.0 cm³/mol. The molecule has 0 aliphatic heterocycles. The number of allylic oxidation sites excluding steroid dienone is 2. The van der Waals surface area contributed by atoms with Crippen molar-refractivity contribution in [2.24, 2.45) is 5.92 Å². The molecule has 1 aromatic rings. The second kappa shape index (κ2) is 7.90. The third-order valence-electron chi connectivity index (χ3n) is 4.07. The predicted octanol–water partition coefficient (Wildman–Crippen LogP) is 3.46. The van der Waals surface area contributed by atoms with Crippen molar-refractivity contribution in [1.29, 1.82) is 0 Å². The van der Waals surface area contributed by atoms with E-state index in [1.807, 2.05) is 19.1 Å². The van der Waals surface area contributed by atoms with Gasteiger partial charge in [-0.2, -0.15) is 0 Å². The van der Waals surface area contributed by atoms with Gasteiger partial charge in [0.25, 0.3) is 0 Å². The molecule has 0 bridgehead atoms. The summed E-state index contributed by atoms with van der Waals surface area (Å²) < 4.78 is 21.2. The van der Waals surface area contributed by atoms with Gasteiger partial charge in [-0.3, -0.25) is 4.79 Å². The third-order valence-corrected chi connectivity index (χ3v) is 4.07. The quantitative estimate of drug-likeness (QED) is 0.751. The summed E-state index contributed by atoms with van der Waals surface area (Å²) in [6.45, 7) is 2.26. The van der Waals surface area contributed by atoms with E-state index in [1.165, 1.54) is 5.57 Å². The zero-order valence-electron chi connectivity index (χ0n) is 14.2. The van der Waals surface area contributed by atoms with Gasteiger partial charge in [0, 0.05) is 0 Å². The van der Waals surface area contributed by atoms with Gasteiger partial charge < -0.3 is 18.9 Å². The molecule has 1 aromatic carbocycles. The van der Waals surface area contributed by atoms with Gasteiger partial charge in [0.2, 0.25) is 5.75 Å². The molecule has 0 saturated carbocycles. The van der Waals surface area contributed by atoms with Crippen molar-refractivity contribution < 1.29 is 23.7 Å². The fourth-order valence-corrected chi connectivity index (χ4v) is 2.84. The normalized spacial score (nSPS) is 17.2. The Labute approximate surface area is 137 Å². The Hall–Kier alpha value is -2.17. The molecule has 0 aromatic heterocycles. The lowest BCUT2D eigenvalue weighted by atomic mass is 9.86. The van der Waals surface area contributed by atoms with E-state index in [4.69, 9.17) is 18.9 Å². The summed E-state index contributed by atoms with van der Waals surface area (Å²) in [5, 5.41) is 0. The van der Waals surface area contributed by atoms with Crippen molar-refractivity contribution in [3.63, 3.8) is 0 Å². The van der Waals surface area contributed by atoms with Crippen LogP contribution >= 0.6 is 0 Å². The first kappa shape index (κ1) is 17.2. The van der Waals surface area contributed by atoms with E-state index in [2.05, 4.69) is 6.08 Å². The Kier molecular flexibility index (Phi) is 5.90. The molecule has 1 atom stereocenters. The highest BCUT2D eigenvalue weighted by Gasteiger charge is 2.24. The van der Waals surface area contributed by atoms with Gasteiger partial charge in [0.05, 0.1) is 33.9 Å².